The first-order valence-corrected chi connectivity index (χ1v) is 5.15. The molecule has 1 aromatic heterocycles. The largest absolute Gasteiger partial charge is 0.366 e. The van der Waals surface area contributed by atoms with Gasteiger partial charge in [0.2, 0.25) is 5.91 Å². The number of nitrogens with zero attached hydrogens (tertiary/aromatic N) is 2. The normalized spacial score (nSPS) is 10.3. The fourth-order valence-electron chi connectivity index (χ4n) is 1.63. The standard InChI is InChI=1S/C12H10FN3O2/c1-7-5-9(13)10(6-8(7)12(14)18)16-11(17)3-2-4-15-16/h2-6H,1H3,(H2,14,18). The highest BCUT2D eigenvalue weighted by molar-refractivity contribution is 5.94. The molecule has 0 spiro atoms. The molecule has 2 rings (SSSR count). The van der Waals surface area contributed by atoms with Gasteiger partial charge >= 0.3 is 0 Å². The molecule has 0 radical (unpaired) electrons. The number of hydrogen-bond donors (Lipinski definition) is 1. The highest BCUT2D eigenvalue weighted by atomic mass is 19.1. The molecule has 0 aliphatic heterocycles. The van der Waals surface area contributed by atoms with Crippen LogP contribution in [0.1, 0.15) is 15.9 Å². The SMILES string of the molecule is Cc1cc(F)c(-n2ncccc2=O)cc1C(N)=O. The molecule has 2 aromatic rings. The van der Waals surface area contributed by atoms with Gasteiger partial charge in [-0.2, -0.15) is 9.78 Å². The van der Waals surface area contributed by atoms with Gasteiger partial charge in [0.25, 0.3) is 5.56 Å². The number of hydrogen-bond acceptors (Lipinski definition) is 3. The van der Waals surface area contributed by atoms with E-state index < -0.39 is 17.3 Å². The van der Waals surface area contributed by atoms with Crippen LogP contribution in [0, 0.1) is 12.7 Å². The molecular formula is C12H10FN3O2. The van der Waals surface area contributed by atoms with E-state index in [2.05, 4.69) is 5.10 Å². The van der Waals surface area contributed by atoms with Gasteiger partial charge in [-0.05, 0) is 30.7 Å². The van der Waals surface area contributed by atoms with Crippen molar-refractivity contribution in [2.45, 2.75) is 6.92 Å². The Morgan fingerprint density at radius 2 is 2.17 bits per heavy atom. The van der Waals surface area contributed by atoms with E-state index in [4.69, 9.17) is 5.73 Å². The predicted molar refractivity (Wildman–Crippen MR) is 63.0 cm³/mol. The Morgan fingerprint density at radius 1 is 1.44 bits per heavy atom. The summed E-state index contributed by atoms with van der Waals surface area (Å²) in [5.74, 6) is -1.32. The lowest BCUT2D eigenvalue weighted by molar-refractivity contribution is 0.0999. The number of rotatable bonds is 2. The molecule has 0 saturated heterocycles. The van der Waals surface area contributed by atoms with Crippen molar-refractivity contribution in [3.63, 3.8) is 0 Å². The van der Waals surface area contributed by atoms with Crippen molar-refractivity contribution in [1.82, 2.24) is 9.78 Å². The van der Waals surface area contributed by atoms with E-state index in [1.807, 2.05) is 0 Å². The monoisotopic (exact) mass is 247 g/mol. The number of amides is 1. The van der Waals surface area contributed by atoms with Crippen LogP contribution >= 0.6 is 0 Å². The topological polar surface area (TPSA) is 78.0 Å². The van der Waals surface area contributed by atoms with Gasteiger partial charge in [0.05, 0.1) is 0 Å². The average Bonchev–Trinajstić information content (AvgIpc) is 2.30. The third-order valence-corrected chi connectivity index (χ3v) is 2.50. The van der Waals surface area contributed by atoms with Gasteiger partial charge in [-0.15, -0.1) is 0 Å². The molecule has 1 amide bonds. The zero-order chi connectivity index (χ0) is 13.3. The number of primary amides is 1. The molecule has 0 atom stereocenters. The second-order valence-corrected chi connectivity index (χ2v) is 3.76. The molecule has 1 aromatic carbocycles. The minimum atomic E-state index is -0.683. The van der Waals surface area contributed by atoms with Crippen LogP contribution < -0.4 is 11.3 Å². The molecule has 0 aliphatic carbocycles. The third-order valence-electron chi connectivity index (χ3n) is 2.50. The number of carbonyl (C=O) groups excluding carboxylic acids is 1. The van der Waals surface area contributed by atoms with Crippen LogP contribution in [0.15, 0.2) is 35.3 Å². The smallest absolute Gasteiger partial charge is 0.271 e. The Hall–Kier alpha value is -2.50. The summed E-state index contributed by atoms with van der Waals surface area (Å²) in [4.78, 5) is 22.7. The first-order chi connectivity index (χ1) is 8.50. The lowest BCUT2D eigenvalue weighted by Crippen LogP contribution is -2.22. The Morgan fingerprint density at radius 3 is 2.78 bits per heavy atom. The van der Waals surface area contributed by atoms with Crippen LogP contribution in [0.2, 0.25) is 0 Å². The summed E-state index contributed by atoms with van der Waals surface area (Å²) in [5, 5.41) is 3.75. The van der Waals surface area contributed by atoms with E-state index in [-0.39, 0.29) is 11.3 Å². The highest BCUT2D eigenvalue weighted by Crippen LogP contribution is 2.17. The summed E-state index contributed by atoms with van der Waals surface area (Å²) in [6.07, 6.45) is 1.35. The van der Waals surface area contributed by atoms with Crippen molar-refractivity contribution < 1.29 is 9.18 Å². The van der Waals surface area contributed by atoms with Gasteiger partial charge in [0.1, 0.15) is 11.5 Å². The lowest BCUT2D eigenvalue weighted by Gasteiger charge is -2.08. The van der Waals surface area contributed by atoms with E-state index in [9.17, 15) is 14.0 Å². The molecule has 18 heavy (non-hydrogen) atoms. The Labute approximate surface area is 102 Å². The maximum atomic E-state index is 13.8. The molecule has 92 valence electrons. The predicted octanol–water partition coefficient (Wildman–Crippen LogP) is 0.779. The fraction of sp³-hybridized carbons (Fsp3) is 0.0833. The van der Waals surface area contributed by atoms with Gasteiger partial charge in [0, 0.05) is 17.8 Å². The molecule has 5 nitrogen and oxygen atoms in total. The van der Waals surface area contributed by atoms with Gasteiger partial charge in [-0.25, -0.2) is 4.39 Å². The minimum Gasteiger partial charge on any atom is -0.366 e. The minimum absolute atomic E-state index is 0.0972. The summed E-state index contributed by atoms with van der Waals surface area (Å²) in [6.45, 7) is 1.56. The number of nitrogens with two attached hydrogens (primary N) is 1. The molecular weight excluding hydrogens is 237 g/mol. The van der Waals surface area contributed by atoms with Crippen molar-refractivity contribution in [2.24, 2.45) is 5.73 Å². The van der Waals surface area contributed by atoms with E-state index in [1.165, 1.54) is 24.4 Å². The van der Waals surface area contributed by atoms with Crippen molar-refractivity contribution in [1.29, 1.82) is 0 Å². The quantitative estimate of drug-likeness (QED) is 0.851. The zero-order valence-electron chi connectivity index (χ0n) is 9.55. The molecule has 1 heterocycles. The number of benzene rings is 1. The first-order valence-electron chi connectivity index (χ1n) is 5.15. The van der Waals surface area contributed by atoms with Gasteiger partial charge in [0.15, 0.2) is 0 Å². The van der Waals surface area contributed by atoms with Crippen molar-refractivity contribution in [2.75, 3.05) is 0 Å². The molecule has 0 saturated carbocycles. The molecule has 0 unspecified atom stereocenters. The highest BCUT2D eigenvalue weighted by Gasteiger charge is 2.13. The molecule has 0 aliphatic rings. The first kappa shape index (κ1) is 12.0. The van der Waals surface area contributed by atoms with Crippen LogP contribution in [0.4, 0.5) is 4.39 Å². The van der Waals surface area contributed by atoms with Crippen LogP contribution in [0.3, 0.4) is 0 Å². The zero-order valence-corrected chi connectivity index (χ0v) is 9.55. The average molecular weight is 247 g/mol. The molecule has 6 heteroatoms. The van der Waals surface area contributed by atoms with Gasteiger partial charge in [-0.3, -0.25) is 9.59 Å². The van der Waals surface area contributed by atoms with Crippen LogP contribution in [-0.2, 0) is 0 Å². The van der Waals surface area contributed by atoms with E-state index in [0.29, 0.717) is 5.56 Å². The molecule has 0 bridgehead atoms. The van der Waals surface area contributed by atoms with Gasteiger partial charge < -0.3 is 5.73 Å². The second kappa shape index (κ2) is 4.40. The van der Waals surface area contributed by atoms with Crippen LogP contribution in [0.5, 0.6) is 0 Å². The van der Waals surface area contributed by atoms with Gasteiger partial charge in [-0.1, -0.05) is 0 Å². The summed E-state index contributed by atoms with van der Waals surface area (Å²) in [6, 6.07) is 5.06. The lowest BCUT2D eigenvalue weighted by atomic mass is 10.1. The van der Waals surface area contributed by atoms with Crippen molar-refractivity contribution in [3.05, 3.63) is 57.8 Å². The van der Waals surface area contributed by atoms with Crippen molar-refractivity contribution in [3.8, 4) is 5.69 Å². The number of halogens is 1. The Bertz CT molecular complexity index is 679. The van der Waals surface area contributed by atoms with Crippen LogP contribution in [0.25, 0.3) is 5.69 Å². The van der Waals surface area contributed by atoms with Crippen molar-refractivity contribution >= 4 is 5.91 Å². The Balaban J connectivity index is 2.73. The second-order valence-electron chi connectivity index (χ2n) is 3.76. The number of carbonyl (C=O) groups is 1. The van der Waals surface area contributed by atoms with E-state index in [0.717, 1.165) is 10.7 Å². The maximum Gasteiger partial charge on any atom is 0.271 e. The number of aryl methyl sites for hydroxylation is 1. The fourth-order valence-corrected chi connectivity index (χ4v) is 1.63. The number of aromatic nitrogens is 2. The van der Waals surface area contributed by atoms with Crippen LogP contribution in [-0.4, -0.2) is 15.7 Å². The summed E-state index contributed by atoms with van der Waals surface area (Å²) >= 11 is 0. The summed E-state index contributed by atoms with van der Waals surface area (Å²) in [5.41, 5.74) is 5.16. The van der Waals surface area contributed by atoms with E-state index >= 15 is 0 Å². The molecule has 0 fully saturated rings. The summed E-state index contributed by atoms with van der Waals surface area (Å²) in [7, 11) is 0. The molecule has 2 N–H and O–H groups in total. The third kappa shape index (κ3) is 2.00. The Kier molecular flexibility index (Phi) is 2.93. The summed E-state index contributed by atoms with van der Waals surface area (Å²) < 4.78 is 14.7. The van der Waals surface area contributed by atoms with E-state index in [1.54, 1.807) is 6.92 Å². The maximum absolute atomic E-state index is 13.8.